The molecule has 3 heterocycles. The van der Waals surface area contributed by atoms with Gasteiger partial charge in [-0.05, 0) is 61.7 Å². The van der Waals surface area contributed by atoms with Crippen LogP contribution in [0.4, 0.5) is 5.82 Å². The average Bonchev–Trinajstić information content (AvgIpc) is 3.17. The highest BCUT2D eigenvalue weighted by Crippen LogP contribution is 2.35. The van der Waals surface area contributed by atoms with Crippen LogP contribution in [-0.2, 0) is 10.0 Å². The van der Waals surface area contributed by atoms with Gasteiger partial charge in [0.2, 0.25) is 10.0 Å². The van der Waals surface area contributed by atoms with Crippen molar-refractivity contribution in [3.05, 3.63) is 48.3 Å². The van der Waals surface area contributed by atoms with Crippen molar-refractivity contribution >= 4 is 26.7 Å². The Bertz CT molecular complexity index is 1070. The van der Waals surface area contributed by atoms with Crippen LogP contribution in [0.2, 0.25) is 0 Å². The molecule has 1 aliphatic heterocycles. The van der Waals surface area contributed by atoms with Crippen molar-refractivity contribution in [2.45, 2.75) is 23.7 Å². The highest BCUT2D eigenvalue weighted by molar-refractivity contribution is 7.89. The minimum Gasteiger partial charge on any atom is -0.497 e. The van der Waals surface area contributed by atoms with E-state index in [1.54, 1.807) is 19.2 Å². The minimum atomic E-state index is -3.46. The lowest BCUT2D eigenvalue weighted by Crippen LogP contribution is -2.33. The van der Waals surface area contributed by atoms with E-state index in [2.05, 4.69) is 37.9 Å². The summed E-state index contributed by atoms with van der Waals surface area (Å²) in [6, 6.07) is 9.50. The Morgan fingerprint density at radius 1 is 1.21 bits per heavy atom. The third-order valence-corrected chi connectivity index (χ3v) is 6.88. The topological polar surface area (TPSA) is 87.3 Å². The van der Waals surface area contributed by atoms with Crippen molar-refractivity contribution in [1.82, 2.24) is 14.7 Å². The number of H-pyrrole nitrogens is 1. The number of hydrogen-bond donors (Lipinski definition) is 2. The number of sulfonamides is 1. The number of methoxy groups -OCH3 is 1. The number of aromatic amines is 1. The molecular weight excluding hydrogens is 376 g/mol. The molecule has 0 unspecified atom stereocenters. The average molecular weight is 401 g/mol. The van der Waals surface area contributed by atoms with E-state index < -0.39 is 10.0 Å². The van der Waals surface area contributed by atoms with Gasteiger partial charge in [0.1, 0.15) is 16.5 Å². The quantitative estimate of drug-likeness (QED) is 0.688. The second-order valence-electron chi connectivity index (χ2n) is 6.98. The number of piperidine rings is 1. The maximum atomic E-state index is 11.8. The fourth-order valence-corrected chi connectivity index (χ4v) is 4.52. The molecule has 0 aliphatic carbocycles. The molecule has 0 radical (unpaired) electrons. The molecule has 8 heteroatoms. The van der Waals surface area contributed by atoms with E-state index in [0.29, 0.717) is 5.92 Å². The van der Waals surface area contributed by atoms with E-state index in [-0.39, 0.29) is 4.90 Å². The summed E-state index contributed by atoms with van der Waals surface area (Å²) in [6.45, 7) is 1.76. The van der Waals surface area contributed by atoms with Gasteiger partial charge >= 0.3 is 0 Å². The Labute approximate surface area is 164 Å². The predicted octanol–water partition coefficient (Wildman–Crippen LogP) is 2.86. The van der Waals surface area contributed by atoms with Crippen LogP contribution in [0.5, 0.6) is 5.75 Å². The zero-order valence-electron chi connectivity index (χ0n) is 16.0. The lowest BCUT2D eigenvalue weighted by atomic mass is 9.89. The van der Waals surface area contributed by atoms with Crippen LogP contribution in [0.3, 0.4) is 0 Å². The van der Waals surface area contributed by atoms with Crippen molar-refractivity contribution in [3.8, 4) is 5.75 Å². The van der Waals surface area contributed by atoms with Crippen LogP contribution in [-0.4, -0.2) is 45.6 Å². The maximum Gasteiger partial charge on any atom is 0.241 e. The summed E-state index contributed by atoms with van der Waals surface area (Å²) in [5.74, 6) is 2.15. The molecule has 1 aliphatic rings. The molecule has 3 aromatic rings. The monoisotopic (exact) mass is 400 g/mol. The predicted molar refractivity (Wildman–Crippen MR) is 110 cm³/mol. The molecule has 0 saturated carbocycles. The summed E-state index contributed by atoms with van der Waals surface area (Å²) in [6.07, 6.45) is 5.56. The summed E-state index contributed by atoms with van der Waals surface area (Å²) in [4.78, 5) is 10.1. The van der Waals surface area contributed by atoms with E-state index in [9.17, 15) is 8.42 Å². The Balaban J connectivity index is 1.48. The van der Waals surface area contributed by atoms with Crippen LogP contribution >= 0.6 is 0 Å². The van der Waals surface area contributed by atoms with Gasteiger partial charge in [0.25, 0.3) is 0 Å². The lowest BCUT2D eigenvalue weighted by Gasteiger charge is -2.32. The first-order chi connectivity index (χ1) is 13.5. The molecule has 1 fully saturated rings. The second-order valence-corrected chi connectivity index (χ2v) is 8.86. The van der Waals surface area contributed by atoms with E-state index in [1.807, 2.05) is 6.07 Å². The number of nitrogens with zero attached hydrogens (tertiary/aromatic N) is 2. The molecule has 0 spiro atoms. The molecule has 148 valence electrons. The Morgan fingerprint density at radius 2 is 2.00 bits per heavy atom. The number of rotatable bonds is 5. The van der Waals surface area contributed by atoms with Gasteiger partial charge in [-0.1, -0.05) is 0 Å². The van der Waals surface area contributed by atoms with Crippen molar-refractivity contribution in [1.29, 1.82) is 0 Å². The fraction of sp³-hybridized carbons (Fsp3) is 0.350. The van der Waals surface area contributed by atoms with Crippen LogP contribution in [0, 0.1) is 0 Å². The number of fused-ring (bicyclic) bond motifs is 1. The summed E-state index contributed by atoms with van der Waals surface area (Å²) in [5.41, 5.74) is 2.46. The number of ether oxygens (including phenoxy) is 1. The third kappa shape index (κ3) is 3.45. The smallest absolute Gasteiger partial charge is 0.241 e. The van der Waals surface area contributed by atoms with Gasteiger partial charge in [-0.2, -0.15) is 0 Å². The van der Waals surface area contributed by atoms with Gasteiger partial charge in [-0.15, -0.1) is 0 Å². The second kappa shape index (κ2) is 7.44. The van der Waals surface area contributed by atoms with Gasteiger partial charge in [-0.25, -0.2) is 18.1 Å². The van der Waals surface area contributed by atoms with Crippen LogP contribution in [0.25, 0.3) is 10.9 Å². The molecule has 28 heavy (non-hydrogen) atoms. The maximum absolute atomic E-state index is 11.8. The fourth-order valence-electron chi connectivity index (χ4n) is 3.84. The van der Waals surface area contributed by atoms with Gasteiger partial charge < -0.3 is 14.6 Å². The standard InChI is InChI=1S/C20H24N4O3S/c1-21-28(25,26)16-4-6-20(23-12-16)24-9-7-14(8-10-24)18-13-22-19-5-3-15(27-2)11-17(18)19/h3-6,11-14,21-22H,7-10H2,1-2H3. The Kier molecular flexibility index (Phi) is 4.99. The van der Waals surface area contributed by atoms with Crippen LogP contribution < -0.4 is 14.4 Å². The van der Waals surface area contributed by atoms with Crippen LogP contribution in [0.15, 0.2) is 47.6 Å². The SMILES string of the molecule is CNS(=O)(=O)c1ccc(N2CCC(c3c[nH]c4ccc(OC)cc34)CC2)nc1. The molecule has 0 amide bonds. The number of hydrogen-bond acceptors (Lipinski definition) is 5. The summed E-state index contributed by atoms with van der Waals surface area (Å²) in [5, 5.41) is 1.22. The van der Waals surface area contributed by atoms with E-state index in [1.165, 1.54) is 24.2 Å². The molecule has 2 aromatic heterocycles. The van der Waals surface area contributed by atoms with E-state index >= 15 is 0 Å². The summed E-state index contributed by atoms with van der Waals surface area (Å²) < 4.78 is 31.4. The van der Waals surface area contributed by atoms with Crippen LogP contribution in [0.1, 0.15) is 24.3 Å². The van der Waals surface area contributed by atoms with Gasteiger partial charge in [0.15, 0.2) is 0 Å². The highest BCUT2D eigenvalue weighted by atomic mass is 32.2. The van der Waals surface area contributed by atoms with Crippen molar-refractivity contribution < 1.29 is 13.2 Å². The first kappa shape index (κ1) is 18.8. The van der Waals surface area contributed by atoms with E-state index in [4.69, 9.17) is 4.74 Å². The van der Waals surface area contributed by atoms with Crippen molar-refractivity contribution in [2.75, 3.05) is 32.1 Å². The highest BCUT2D eigenvalue weighted by Gasteiger charge is 2.24. The molecule has 2 N–H and O–H groups in total. The number of anilines is 1. The third-order valence-electron chi connectivity index (χ3n) is 5.48. The summed E-state index contributed by atoms with van der Waals surface area (Å²) in [7, 11) is -0.372. The molecular formula is C20H24N4O3S. The molecule has 1 aromatic carbocycles. The number of aromatic nitrogens is 2. The Hall–Kier alpha value is -2.58. The van der Waals surface area contributed by atoms with E-state index in [0.717, 1.165) is 43.0 Å². The summed E-state index contributed by atoms with van der Waals surface area (Å²) >= 11 is 0. The normalized spacial score (nSPS) is 15.9. The van der Waals surface area contributed by atoms with Gasteiger partial charge in [0, 0.05) is 36.4 Å². The molecule has 0 atom stereocenters. The minimum absolute atomic E-state index is 0.182. The zero-order valence-corrected chi connectivity index (χ0v) is 16.8. The zero-order chi connectivity index (χ0) is 19.7. The Morgan fingerprint density at radius 3 is 2.64 bits per heavy atom. The van der Waals surface area contributed by atoms with Crippen molar-refractivity contribution in [2.24, 2.45) is 0 Å². The van der Waals surface area contributed by atoms with Crippen molar-refractivity contribution in [3.63, 3.8) is 0 Å². The lowest BCUT2D eigenvalue weighted by molar-refractivity contribution is 0.415. The molecule has 7 nitrogen and oxygen atoms in total. The van der Waals surface area contributed by atoms with Gasteiger partial charge in [0.05, 0.1) is 7.11 Å². The first-order valence-corrected chi connectivity index (χ1v) is 10.8. The first-order valence-electron chi connectivity index (χ1n) is 9.31. The molecule has 1 saturated heterocycles. The van der Waals surface area contributed by atoms with Gasteiger partial charge in [-0.3, -0.25) is 0 Å². The molecule has 0 bridgehead atoms. The number of benzene rings is 1. The molecule has 4 rings (SSSR count). The number of nitrogens with one attached hydrogen (secondary N) is 2. The largest absolute Gasteiger partial charge is 0.497 e. The number of pyridine rings is 1.